The molecule has 0 heterocycles. The van der Waals surface area contributed by atoms with Crippen LogP contribution in [-0.2, 0) is 0 Å². The summed E-state index contributed by atoms with van der Waals surface area (Å²) in [6.45, 7) is 54.6. The molecule has 0 fully saturated rings. The average molecular weight is 601 g/mol. The van der Waals surface area contributed by atoms with Crippen molar-refractivity contribution in [2.24, 2.45) is 0 Å². The second-order valence-electron chi connectivity index (χ2n) is 17.6. The van der Waals surface area contributed by atoms with Crippen molar-refractivity contribution in [1.29, 1.82) is 0 Å². The van der Waals surface area contributed by atoms with Crippen LogP contribution in [0.3, 0.4) is 0 Å². The standard InChI is InChI=1S/C27H63GeSi5/c1-22(2,3)29(23(4,5)6)33(21,32(20,26(13,14)15)27(16,17)18)30(28)31(19,24(7,8)9)25(10,11)12/h1-21H3. The van der Waals surface area contributed by atoms with E-state index >= 15 is 0 Å². The van der Waals surface area contributed by atoms with Gasteiger partial charge in [-0.2, -0.15) is 0 Å². The Morgan fingerprint density at radius 3 is 0.848 bits per heavy atom. The second kappa shape index (κ2) is 9.43. The third kappa shape index (κ3) is 5.73. The molecule has 0 aromatic carbocycles. The van der Waals surface area contributed by atoms with Crippen molar-refractivity contribution >= 4 is 51.4 Å². The topological polar surface area (TPSA) is 0 Å². The third-order valence-electron chi connectivity index (χ3n) is 10.0. The number of rotatable bonds is 4. The molecule has 0 N–H and O–H groups in total. The van der Waals surface area contributed by atoms with Crippen molar-refractivity contribution in [2.45, 2.75) is 174 Å². The molecule has 0 aromatic heterocycles. The Kier molecular flexibility index (Phi) is 9.89. The molecule has 1 unspecified atom stereocenters. The molecule has 0 rings (SSSR count). The van der Waals surface area contributed by atoms with Crippen LogP contribution in [0, 0.1) is 0 Å². The molecule has 0 saturated heterocycles. The molecule has 33 heavy (non-hydrogen) atoms. The predicted octanol–water partition coefficient (Wildman–Crippen LogP) is 9.99. The van der Waals surface area contributed by atoms with Crippen molar-refractivity contribution in [3.63, 3.8) is 0 Å². The first kappa shape index (κ1) is 34.6. The molecule has 6 heteroatoms. The van der Waals surface area contributed by atoms with E-state index < -0.39 is 36.0 Å². The van der Waals surface area contributed by atoms with Gasteiger partial charge in [-0.05, 0) is 0 Å². The minimum absolute atomic E-state index is 0.412. The molecule has 3 radical (unpaired) electrons. The van der Waals surface area contributed by atoms with E-state index in [1.165, 1.54) is 0 Å². The Morgan fingerprint density at radius 2 is 0.697 bits per heavy atom. The van der Waals surface area contributed by atoms with Crippen LogP contribution in [-0.4, -0.2) is 51.4 Å². The van der Waals surface area contributed by atoms with Gasteiger partial charge in [0.1, 0.15) is 0 Å². The molecular weight excluding hydrogens is 537 g/mol. The van der Waals surface area contributed by atoms with Gasteiger partial charge < -0.3 is 0 Å². The summed E-state index contributed by atoms with van der Waals surface area (Å²) in [7, 11) is -4.06. The predicted molar refractivity (Wildman–Crippen MR) is 170 cm³/mol. The Morgan fingerprint density at radius 1 is 0.455 bits per heavy atom. The fourth-order valence-electron chi connectivity index (χ4n) is 8.25. The quantitative estimate of drug-likeness (QED) is 0.282. The monoisotopic (exact) mass is 601 g/mol. The van der Waals surface area contributed by atoms with Crippen LogP contribution in [0.4, 0.5) is 0 Å². The Labute approximate surface area is 224 Å². The zero-order chi connectivity index (χ0) is 27.7. The van der Waals surface area contributed by atoms with Crippen LogP contribution in [0.1, 0.15) is 125 Å². The molecule has 0 aliphatic carbocycles. The van der Waals surface area contributed by atoms with Gasteiger partial charge in [-0.1, -0.05) is 0 Å². The summed E-state index contributed by atoms with van der Waals surface area (Å²) in [5, 5.41) is 2.52. The summed E-state index contributed by atoms with van der Waals surface area (Å²) in [6.07, 6.45) is 0. The van der Waals surface area contributed by atoms with Gasteiger partial charge in [0, 0.05) is 0 Å². The van der Waals surface area contributed by atoms with Gasteiger partial charge in [0.05, 0.1) is 0 Å². The van der Waals surface area contributed by atoms with Crippen molar-refractivity contribution in [3.8, 4) is 0 Å². The van der Waals surface area contributed by atoms with Gasteiger partial charge in [-0.3, -0.25) is 0 Å². The summed E-state index contributed by atoms with van der Waals surface area (Å²) in [6, 6.07) is 0. The van der Waals surface area contributed by atoms with E-state index in [0.717, 1.165) is 0 Å². The second-order valence-corrected chi connectivity index (χ2v) is 69.8. The van der Waals surface area contributed by atoms with Gasteiger partial charge in [-0.25, -0.2) is 0 Å². The third-order valence-corrected chi connectivity index (χ3v) is 118. The van der Waals surface area contributed by atoms with E-state index in [1.807, 2.05) is 0 Å². The molecule has 0 aliphatic heterocycles. The van der Waals surface area contributed by atoms with Gasteiger partial charge in [0.15, 0.2) is 0 Å². The maximum atomic E-state index is 3.04. The van der Waals surface area contributed by atoms with E-state index in [0.29, 0.717) is 30.2 Å². The average Bonchev–Trinajstić information content (AvgIpc) is 2.44. The Bertz CT molecular complexity index is 673. The Hall–Kier alpha value is 1.63. The molecular formula is C27H63GeSi5. The fourth-order valence-corrected chi connectivity index (χ4v) is 167. The molecule has 0 aromatic rings. The van der Waals surface area contributed by atoms with Crippen molar-refractivity contribution < 1.29 is 0 Å². The number of hydrogen-bond acceptors (Lipinski definition) is 0. The van der Waals surface area contributed by atoms with Crippen molar-refractivity contribution in [3.05, 3.63) is 0 Å². The fraction of sp³-hybridized carbons (Fsp3) is 1.00. The van der Waals surface area contributed by atoms with Crippen molar-refractivity contribution in [1.82, 2.24) is 0 Å². The van der Waals surface area contributed by atoms with E-state index in [4.69, 9.17) is 0 Å². The number of hydrogen-bond donors (Lipinski definition) is 0. The molecule has 1 atom stereocenters. The van der Waals surface area contributed by atoms with Gasteiger partial charge in [-0.15, -0.1) is 0 Å². The molecule has 0 saturated carbocycles. The first-order chi connectivity index (χ1) is 13.8. The molecule has 0 bridgehead atoms. The summed E-state index contributed by atoms with van der Waals surface area (Å²) in [5.74, 6) is -0.578. The van der Waals surface area contributed by atoms with E-state index in [-0.39, 0.29) is 0 Å². The van der Waals surface area contributed by atoms with E-state index in [1.54, 1.807) is 0 Å². The van der Waals surface area contributed by atoms with Gasteiger partial charge in [0.2, 0.25) is 0 Å². The molecule has 0 amide bonds. The van der Waals surface area contributed by atoms with Crippen LogP contribution in [0.5, 0.6) is 0 Å². The maximum absolute atomic E-state index is 3.04. The van der Waals surface area contributed by atoms with Crippen LogP contribution in [0.25, 0.3) is 0 Å². The van der Waals surface area contributed by atoms with Crippen molar-refractivity contribution in [2.75, 3.05) is 0 Å². The first-order valence-electron chi connectivity index (χ1n) is 13.2. The summed E-state index contributed by atoms with van der Waals surface area (Å²) >= 11 is 2.92. The van der Waals surface area contributed by atoms with Gasteiger partial charge >= 0.3 is 226 Å². The van der Waals surface area contributed by atoms with Crippen LogP contribution in [0.15, 0.2) is 0 Å². The minimum atomic E-state index is -1.76. The molecule has 195 valence electrons. The normalized spacial score (nSPS) is 17.9. The molecule has 0 spiro atoms. The summed E-state index contributed by atoms with van der Waals surface area (Å²) < 4.78 is 0. The van der Waals surface area contributed by atoms with Crippen LogP contribution >= 0.6 is 0 Å². The zero-order valence-electron chi connectivity index (χ0n) is 27.0. The molecule has 0 aliphatic rings. The van der Waals surface area contributed by atoms with Crippen LogP contribution < -0.4 is 0 Å². The van der Waals surface area contributed by atoms with E-state index in [9.17, 15) is 0 Å². The summed E-state index contributed by atoms with van der Waals surface area (Å²) in [4.78, 5) is 0. The SMILES string of the molecule is CC(C)(C)[Si](C(C)(C)C)[Si](C)([Si](=[Ge])[Si](C)(C(C)(C)C)C(C)(C)C)[Si](C)(C(C)(C)C)C(C)(C)C. The first-order valence-corrected chi connectivity index (χ1v) is 30.9. The Balaban J connectivity index is 8.23. The van der Waals surface area contributed by atoms with Gasteiger partial charge in [0.25, 0.3) is 0 Å². The summed E-state index contributed by atoms with van der Waals surface area (Å²) in [5.41, 5.74) is 0. The molecule has 0 nitrogen and oxygen atoms in total. The zero-order valence-corrected chi connectivity index (χ0v) is 34.1. The van der Waals surface area contributed by atoms with E-state index in [2.05, 4.69) is 160 Å². The van der Waals surface area contributed by atoms with Crippen LogP contribution in [0.2, 0.25) is 49.9 Å².